The molecule has 7 saturated heterocycles. The van der Waals surface area contributed by atoms with Crippen molar-refractivity contribution in [3.63, 3.8) is 0 Å². The summed E-state index contributed by atoms with van der Waals surface area (Å²) in [4.78, 5) is 0. The predicted molar refractivity (Wildman–Crippen MR) is 536 cm³/mol. The van der Waals surface area contributed by atoms with E-state index in [1.807, 2.05) is 20.8 Å². The molecule has 0 aromatic carbocycles. The molecule has 35 atom stereocenters. The quantitative estimate of drug-likeness (QED) is 0.0353. The minimum Gasteiger partial charge on any atom is -0.387 e. The van der Waals surface area contributed by atoms with Crippen molar-refractivity contribution in [2.75, 3.05) is 152 Å². The van der Waals surface area contributed by atoms with Crippen LogP contribution in [0.2, 0.25) is 0 Å². The fraction of sp³-hybridized carbons (Fsp3) is 1.00. The Hall–Kier alpha value is -1.36. The maximum absolute atomic E-state index is 13.9. The Bertz CT molecular complexity index is 2970. The first kappa shape index (κ1) is 128. The molecule has 7 fully saturated rings. The van der Waals surface area contributed by atoms with Crippen LogP contribution < -0.4 is 0 Å². The molecule has 840 valence electrons. The van der Waals surface area contributed by atoms with E-state index in [2.05, 4.69) is 104 Å². The van der Waals surface area contributed by atoms with E-state index >= 15 is 0 Å². The van der Waals surface area contributed by atoms with Crippen LogP contribution in [0.15, 0.2) is 0 Å². The Morgan fingerprint density at radius 3 is 0.676 bits per heavy atom. The summed E-state index contributed by atoms with van der Waals surface area (Å²) in [7, 11) is 0. The van der Waals surface area contributed by atoms with Crippen molar-refractivity contribution in [1.82, 2.24) is 0 Å². The van der Waals surface area contributed by atoms with Crippen LogP contribution in [0.25, 0.3) is 0 Å². The summed E-state index contributed by atoms with van der Waals surface area (Å²) in [5, 5.41) is 66.7. The van der Waals surface area contributed by atoms with Gasteiger partial charge < -0.3 is 163 Å². The lowest BCUT2D eigenvalue weighted by Gasteiger charge is -2.52. The molecule has 5 N–H and O–H groups in total. The lowest BCUT2D eigenvalue weighted by Crippen LogP contribution is -2.68. The summed E-state index contributed by atoms with van der Waals surface area (Å²) >= 11 is 0. The highest BCUT2D eigenvalue weighted by Crippen LogP contribution is 2.43. The van der Waals surface area contributed by atoms with Crippen molar-refractivity contribution in [3.8, 4) is 0 Å². The van der Waals surface area contributed by atoms with Crippen LogP contribution in [-0.4, -0.2) is 380 Å². The van der Waals surface area contributed by atoms with Crippen LogP contribution in [0, 0.1) is 11.8 Å². The molecule has 0 bridgehead atoms. The van der Waals surface area contributed by atoms with Crippen molar-refractivity contribution in [3.05, 3.63) is 0 Å². The van der Waals surface area contributed by atoms with E-state index < -0.39 is 222 Å². The standard InChI is InChI=1S/C108H204O34/c1-19-35-51-114-67-77-90(121-58-42-26-8)96(125-62-46-30-12)84(110)104(135-77)131-73-82-93(124-61-45-29-11)100(142-107-86(112)98(127-64-48-32-14)92(123-60-44-28-10)79(138-107)69-116-53-37-21-3)87(113)105(136-82)130-72-76-83(109)99(141-106-85(111)97(126-63-47-31-13)91(122-59-43-27-9)78(137-106)68-115-52-36-20-2)101(128-65-49-33-15)108(132-76)140-95-81(71-118-55-39-23-5)134-103(75(18)89(95)120-57-41-25-7)139-94-80(70-117-54-38-22-4)133-102(129-66-50-34-16)74(17)88(94)119-56-40-24-6/h74-113H,19-73H2,1-18H3/t74-,75-,76?,77?,78?,79?,80?,81?,82?,83+,84+,85-,86-,87+,88?,89?,90+,91-,92-,93+,94+,95+,96?,97?,98?,99?,100?,101+,102+,103-,104-,105-,106-,107-,108-/m0/s1. The molecule has 14 unspecified atom stereocenters. The van der Waals surface area contributed by atoms with E-state index in [9.17, 15) is 25.5 Å². The molecule has 7 heterocycles. The summed E-state index contributed by atoms with van der Waals surface area (Å²) in [6.45, 7) is 42.7. The molecule has 142 heavy (non-hydrogen) atoms. The minimum absolute atomic E-state index is 0.00474. The predicted octanol–water partition coefficient (Wildman–Crippen LogP) is 15.5. The fourth-order valence-corrected chi connectivity index (χ4v) is 18.3. The van der Waals surface area contributed by atoms with Crippen molar-refractivity contribution in [1.29, 1.82) is 0 Å². The Balaban J connectivity index is 1.44. The SMILES string of the molecule is CCCCOCC1O[C@H](OCC2O[C@H](OCC3O[C@@H](O[C@@H]4C(COCCCC)O[C@@H](O[C@@H]5C(COCCCC)O[C@@H](OCCCC)[C@@H](C)C5OCCCC)[C@@H](C)C4OCCCC)[C@H](OCCCC)C(O[C@@H]4OC(COCCCC)[C@H](OCCCC)C(OCCCC)[C@@H]4O)[C@@H]3O)[C@H](O)C(O[C@@H]3OC(COCCCC)[C@H](OCCCC)C(OCCCC)[C@@H]3O)[C@@H]2OCCCC)[C@H](O)C(OCCCC)[C@@H]1OCCCC. The lowest BCUT2D eigenvalue weighted by atomic mass is 9.89. The van der Waals surface area contributed by atoms with Gasteiger partial charge in [0, 0.05) is 118 Å². The molecule has 34 heteroatoms. The van der Waals surface area contributed by atoms with Gasteiger partial charge in [0.2, 0.25) is 0 Å². The highest BCUT2D eigenvalue weighted by Gasteiger charge is 2.60. The van der Waals surface area contributed by atoms with E-state index in [0.29, 0.717) is 131 Å². The zero-order valence-electron chi connectivity index (χ0n) is 91.2. The van der Waals surface area contributed by atoms with Crippen LogP contribution in [-0.2, 0) is 137 Å². The van der Waals surface area contributed by atoms with E-state index in [1.54, 1.807) is 0 Å². The van der Waals surface area contributed by atoms with Gasteiger partial charge in [-0.2, -0.15) is 0 Å². The molecule has 0 aliphatic carbocycles. The second-order valence-corrected chi connectivity index (χ2v) is 39.8. The van der Waals surface area contributed by atoms with E-state index in [-0.39, 0.29) is 65.4 Å². The van der Waals surface area contributed by atoms with E-state index in [0.717, 1.165) is 154 Å². The fourth-order valence-electron chi connectivity index (χ4n) is 18.3. The van der Waals surface area contributed by atoms with Gasteiger partial charge >= 0.3 is 0 Å². The van der Waals surface area contributed by atoms with Crippen LogP contribution in [0.5, 0.6) is 0 Å². The molecule has 7 rings (SSSR count). The lowest BCUT2D eigenvalue weighted by molar-refractivity contribution is -0.397. The molecule has 7 aliphatic heterocycles. The molecular formula is C108H204O34. The summed E-state index contributed by atoms with van der Waals surface area (Å²) in [5.41, 5.74) is 0. The molecule has 0 spiro atoms. The Morgan fingerprint density at radius 2 is 0.352 bits per heavy atom. The van der Waals surface area contributed by atoms with Gasteiger partial charge in [0.25, 0.3) is 0 Å². The van der Waals surface area contributed by atoms with Crippen molar-refractivity contribution in [2.45, 2.75) is 533 Å². The van der Waals surface area contributed by atoms with E-state index in [4.69, 9.17) is 137 Å². The highest BCUT2D eigenvalue weighted by atomic mass is 16.8. The molecule has 0 aromatic heterocycles. The average Bonchev–Trinajstić information content (AvgIpc) is 0.584. The molecule has 34 nitrogen and oxygen atoms in total. The Labute approximate surface area is 855 Å². The third-order valence-electron chi connectivity index (χ3n) is 27.5. The van der Waals surface area contributed by atoms with Crippen molar-refractivity contribution in [2.24, 2.45) is 11.8 Å². The molecular weight excluding hydrogens is 1840 g/mol. The van der Waals surface area contributed by atoms with Crippen LogP contribution in [0.1, 0.15) is 330 Å². The zero-order chi connectivity index (χ0) is 103. The van der Waals surface area contributed by atoms with E-state index in [1.165, 1.54) is 0 Å². The third kappa shape index (κ3) is 42.1. The zero-order valence-corrected chi connectivity index (χ0v) is 91.2. The number of aliphatic hydroxyl groups excluding tert-OH is 5. The first-order valence-corrected chi connectivity index (χ1v) is 56.8. The molecule has 0 aromatic rings. The number of rotatable bonds is 83. The van der Waals surface area contributed by atoms with Crippen LogP contribution >= 0.6 is 0 Å². The van der Waals surface area contributed by atoms with Gasteiger partial charge in [-0.1, -0.05) is 227 Å². The van der Waals surface area contributed by atoms with Crippen molar-refractivity contribution < 1.29 is 163 Å². The number of hydrogen-bond donors (Lipinski definition) is 5. The maximum atomic E-state index is 13.9. The number of ether oxygens (including phenoxy) is 29. The summed E-state index contributed by atoms with van der Waals surface area (Å²) < 4.78 is 201. The molecule has 0 amide bonds. The van der Waals surface area contributed by atoms with Gasteiger partial charge in [0.05, 0.1) is 58.5 Å². The highest BCUT2D eigenvalue weighted by molar-refractivity contribution is 5.03. The third-order valence-corrected chi connectivity index (χ3v) is 27.5. The molecule has 7 aliphatic rings. The van der Waals surface area contributed by atoms with Crippen LogP contribution in [0.3, 0.4) is 0 Å². The van der Waals surface area contributed by atoms with Crippen molar-refractivity contribution >= 4 is 0 Å². The van der Waals surface area contributed by atoms with Gasteiger partial charge in [-0.05, 0) is 103 Å². The van der Waals surface area contributed by atoms with Gasteiger partial charge in [-0.15, -0.1) is 0 Å². The van der Waals surface area contributed by atoms with Gasteiger partial charge in [-0.3, -0.25) is 0 Å². The van der Waals surface area contributed by atoms with Gasteiger partial charge in [0.1, 0.15) is 146 Å². The normalized spacial score (nSPS) is 34.8. The smallest absolute Gasteiger partial charge is 0.187 e. The summed E-state index contributed by atoms with van der Waals surface area (Å²) in [6.07, 6.45) is -13.1. The molecule has 0 saturated carbocycles. The largest absolute Gasteiger partial charge is 0.387 e. The second kappa shape index (κ2) is 76.2. The first-order chi connectivity index (χ1) is 69.3. The van der Waals surface area contributed by atoms with Crippen LogP contribution in [0.4, 0.5) is 0 Å². The van der Waals surface area contributed by atoms with Gasteiger partial charge in [-0.25, -0.2) is 0 Å². The second-order valence-electron chi connectivity index (χ2n) is 39.8. The number of hydrogen-bond acceptors (Lipinski definition) is 34. The summed E-state index contributed by atoms with van der Waals surface area (Å²) in [5.74, 6) is -0.894. The Kier molecular flexibility index (Phi) is 68.5. The number of unbranched alkanes of at least 4 members (excludes halogenated alkanes) is 16. The number of aliphatic hydroxyl groups is 5. The maximum Gasteiger partial charge on any atom is 0.187 e. The first-order valence-electron chi connectivity index (χ1n) is 56.8. The topological polar surface area (TPSA) is 369 Å². The average molecular weight is 2050 g/mol. The van der Waals surface area contributed by atoms with Gasteiger partial charge in [0.15, 0.2) is 44.0 Å². The molecule has 0 radical (unpaired) electrons. The minimum atomic E-state index is -1.82. The monoisotopic (exact) mass is 2050 g/mol. The summed E-state index contributed by atoms with van der Waals surface area (Å²) in [6, 6.07) is 0. The Morgan fingerprint density at radius 1 is 0.155 bits per heavy atom.